The van der Waals surface area contributed by atoms with Crippen molar-refractivity contribution in [3.05, 3.63) is 71.2 Å². The van der Waals surface area contributed by atoms with Crippen LogP contribution in [0, 0.1) is 13.8 Å². The molecule has 180 valence electrons. The topological polar surface area (TPSA) is 71.4 Å². The Morgan fingerprint density at radius 3 is 2.12 bits per heavy atom. The zero-order valence-electron chi connectivity index (χ0n) is 17.8. The molecule has 0 aliphatic rings. The Bertz CT molecular complexity index is 1340. The molecular formula is C23H18F6N2O3. The fourth-order valence-electron chi connectivity index (χ4n) is 3.78. The van der Waals surface area contributed by atoms with Crippen molar-refractivity contribution in [1.82, 2.24) is 9.55 Å². The molecule has 0 unspecified atom stereocenters. The van der Waals surface area contributed by atoms with Gasteiger partial charge in [-0.05, 0) is 56.3 Å². The maximum Gasteiger partial charge on any atom is 0.430 e. The summed E-state index contributed by atoms with van der Waals surface area (Å²) in [6, 6.07) is 10.0. The summed E-state index contributed by atoms with van der Waals surface area (Å²) in [5.41, 5.74) is -4.26. The molecule has 2 heterocycles. The first-order valence-corrected chi connectivity index (χ1v) is 9.94. The van der Waals surface area contributed by atoms with Gasteiger partial charge in [-0.3, -0.25) is 0 Å². The van der Waals surface area contributed by atoms with Crippen LogP contribution in [0.25, 0.3) is 22.4 Å². The molecule has 4 rings (SSSR count). The molecule has 2 N–H and O–H groups in total. The zero-order valence-corrected chi connectivity index (χ0v) is 17.8. The molecule has 34 heavy (non-hydrogen) atoms. The van der Waals surface area contributed by atoms with Crippen LogP contribution >= 0.6 is 0 Å². The molecule has 0 aliphatic heterocycles. The SMILES string of the molecule is Cc1oc(-c2ccc(O)cc2)nc1Cn1c(C)cc2cc(C(O)(C(F)(F)F)C(F)(F)F)ccc21. The maximum absolute atomic E-state index is 13.3. The molecule has 0 aliphatic carbocycles. The van der Waals surface area contributed by atoms with Gasteiger partial charge >= 0.3 is 12.4 Å². The lowest BCUT2D eigenvalue weighted by atomic mass is 9.91. The van der Waals surface area contributed by atoms with Gasteiger partial charge in [0.1, 0.15) is 17.2 Å². The second-order valence-corrected chi connectivity index (χ2v) is 7.92. The van der Waals surface area contributed by atoms with E-state index in [-0.39, 0.29) is 17.7 Å². The third-order valence-corrected chi connectivity index (χ3v) is 5.66. The number of rotatable bonds is 4. The molecule has 0 amide bonds. The number of aryl methyl sites for hydroxylation is 2. The summed E-state index contributed by atoms with van der Waals surface area (Å²) >= 11 is 0. The number of hydrogen-bond donors (Lipinski definition) is 2. The smallest absolute Gasteiger partial charge is 0.430 e. The van der Waals surface area contributed by atoms with E-state index in [0.29, 0.717) is 46.3 Å². The number of fused-ring (bicyclic) bond motifs is 1. The van der Waals surface area contributed by atoms with Crippen LogP contribution in [-0.2, 0) is 12.1 Å². The largest absolute Gasteiger partial charge is 0.508 e. The Kier molecular flexibility index (Phi) is 5.43. The zero-order chi connectivity index (χ0) is 25.1. The Balaban J connectivity index is 1.74. The quantitative estimate of drug-likeness (QED) is 0.350. The highest BCUT2D eigenvalue weighted by molar-refractivity contribution is 5.82. The number of nitrogens with zero attached hydrogens (tertiary/aromatic N) is 2. The second-order valence-electron chi connectivity index (χ2n) is 7.92. The molecule has 0 saturated carbocycles. The van der Waals surface area contributed by atoms with Gasteiger partial charge in [0.2, 0.25) is 5.89 Å². The van der Waals surface area contributed by atoms with E-state index in [9.17, 15) is 36.6 Å². The van der Waals surface area contributed by atoms with Gasteiger partial charge in [-0.2, -0.15) is 26.3 Å². The van der Waals surface area contributed by atoms with Crippen molar-refractivity contribution in [3.8, 4) is 17.2 Å². The lowest BCUT2D eigenvalue weighted by molar-refractivity contribution is -0.376. The van der Waals surface area contributed by atoms with Crippen molar-refractivity contribution >= 4 is 10.9 Å². The first kappa shape index (κ1) is 23.7. The van der Waals surface area contributed by atoms with E-state index in [0.717, 1.165) is 6.07 Å². The number of aliphatic hydroxyl groups is 1. The number of alkyl halides is 6. The highest BCUT2D eigenvalue weighted by Gasteiger charge is 2.71. The fraction of sp³-hybridized carbons (Fsp3) is 0.261. The van der Waals surface area contributed by atoms with E-state index in [1.54, 1.807) is 30.5 Å². The van der Waals surface area contributed by atoms with Gasteiger partial charge in [0.25, 0.3) is 5.60 Å². The Morgan fingerprint density at radius 1 is 0.912 bits per heavy atom. The Morgan fingerprint density at radius 2 is 1.53 bits per heavy atom. The normalized spacial score (nSPS) is 13.1. The number of hydrogen-bond acceptors (Lipinski definition) is 4. The van der Waals surface area contributed by atoms with Crippen molar-refractivity contribution in [2.45, 2.75) is 38.3 Å². The van der Waals surface area contributed by atoms with Crippen LogP contribution in [0.1, 0.15) is 22.7 Å². The Labute approximate surface area is 188 Å². The van der Waals surface area contributed by atoms with Crippen molar-refractivity contribution in [1.29, 1.82) is 0 Å². The number of aromatic nitrogens is 2. The van der Waals surface area contributed by atoms with Crippen LogP contribution in [0.5, 0.6) is 5.75 Å². The minimum atomic E-state index is -5.96. The molecule has 2 aromatic heterocycles. The van der Waals surface area contributed by atoms with Gasteiger partial charge < -0.3 is 19.2 Å². The van der Waals surface area contributed by atoms with Gasteiger partial charge in [-0.15, -0.1) is 0 Å². The van der Waals surface area contributed by atoms with Gasteiger partial charge in [-0.25, -0.2) is 4.98 Å². The Hall–Kier alpha value is -3.47. The molecule has 0 atom stereocenters. The van der Waals surface area contributed by atoms with Crippen LogP contribution in [0.2, 0.25) is 0 Å². The summed E-state index contributed by atoms with van der Waals surface area (Å²) < 4.78 is 86.9. The fourth-order valence-corrected chi connectivity index (χ4v) is 3.78. The van der Waals surface area contributed by atoms with E-state index in [2.05, 4.69) is 4.98 Å². The minimum absolute atomic E-state index is 0.0731. The molecule has 4 aromatic rings. The van der Waals surface area contributed by atoms with E-state index >= 15 is 0 Å². The predicted molar refractivity (Wildman–Crippen MR) is 110 cm³/mol. The highest BCUT2D eigenvalue weighted by atomic mass is 19.4. The predicted octanol–water partition coefficient (Wildman–Crippen LogP) is 5.98. The summed E-state index contributed by atoms with van der Waals surface area (Å²) in [6.45, 7) is 3.47. The molecule has 11 heteroatoms. The second kappa shape index (κ2) is 7.79. The van der Waals surface area contributed by atoms with E-state index in [4.69, 9.17) is 4.42 Å². The van der Waals surface area contributed by atoms with Gasteiger partial charge in [-0.1, -0.05) is 6.07 Å². The van der Waals surface area contributed by atoms with E-state index in [1.807, 2.05) is 0 Å². The number of aromatic hydroxyl groups is 1. The third kappa shape index (κ3) is 3.79. The van der Waals surface area contributed by atoms with Crippen molar-refractivity contribution in [2.75, 3.05) is 0 Å². The number of phenols is 1. The average molecular weight is 484 g/mol. The summed E-state index contributed by atoms with van der Waals surface area (Å²) in [5.74, 6) is 0.845. The summed E-state index contributed by atoms with van der Waals surface area (Å²) in [5, 5.41) is 19.2. The molecule has 2 aromatic carbocycles. The van der Waals surface area contributed by atoms with Gasteiger partial charge in [0.15, 0.2) is 0 Å². The lowest BCUT2D eigenvalue weighted by Gasteiger charge is -2.32. The molecule has 5 nitrogen and oxygen atoms in total. The highest BCUT2D eigenvalue weighted by Crippen LogP contribution is 2.50. The van der Waals surface area contributed by atoms with Gasteiger partial charge in [0, 0.05) is 27.7 Å². The van der Waals surface area contributed by atoms with Crippen LogP contribution < -0.4 is 0 Å². The number of benzene rings is 2. The number of oxazole rings is 1. The first-order valence-electron chi connectivity index (χ1n) is 9.94. The molecule has 0 fully saturated rings. The monoisotopic (exact) mass is 484 g/mol. The van der Waals surface area contributed by atoms with Crippen LogP contribution in [-0.4, -0.2) is 32.1 Å². The average Bonchev–Trinajstić information content (AvgIpc) is 3.25. The van der Waals surface area contributed by atoms with E-state index in [1.165, 1.54) is 18.2 Å². The maximum atomic E-state index is 13.3. The van der Waals surface area contributed by atoms with E-state index < -0.39 is 23.5 Å². The molecule has 0 saturated heterocycles. The van der Waals surface area contributed by atoms with Crippen molar-refractivity contribution in [2.24, 2.45) is 0 Å². The lowest BCUT2D eigenvalue weighted by Crippen LogP contribution is -2.53. The summed E-state index contributed by atoms with van der Waals surface area (Å²) in [7, 11) is 0. The van der Waals surface area contributed by atoms with Crippen molar-refractivity contribution < 1.29 is 41.0 Å². The van der Waals surface area contributed by atoms with Gasteiger partial charge in [0.05, 0.1) is 6.54 Å². The number of phenolic OH excluding ortho intramolecular Hbond substituents is 1. The van der Waals surface area contributed by atoms with Crippen molar-refractivity contribution in [3.63, 3.8) is 0 Å². The summed E-state index contributed by atoms with van der Waals surface area (Å²) in [4.78, 5) is 4.45. The van der Waals surface area contributed by atoms with Crippen LogP contribution in [0.4, 0.5) is 26.3 Å². The standard InChI is InChI=1S/C23H18F6N2O3/c1-12-9-15-10-16(21(33,22(24,25)26)23(27,28)29)5-8-19(15)31(12)11-18-13(2)34-20(30-18)14-3-6-17(32)7-4-14/h3-10,32-33H,11H2,1-2H3. The summed E-state index contributed by atoms with van der Waals surface area (Å²) in [6.07, 6.45) is -11.9. The van der Waals surface area contributed by atoms with Crippen LogP contribution in [0.3, 0.4) is 0 Å². The minimum Gasteiger partial charge on any atom is -0.508 e. The molecule has 0 spiro atoms. The molecule has 0 bridgehead atoms. The third-order valence-electron chi connectivity index (χ3n) is 5.66. The molecule has 0 radical (unpaired) electrons. The number of halogens is 6. The van der Waals surface area contributed by atoms with Crippen LogP contribution in [0.15, 0.2) is 52.9 Å². The molecular weight excluding hydrogens is 466 g/mol. The first-order chi connectivity index (χ1) is 15.7.